The smallest absolute Gasteiger partial charge is 0.294 e. The van der Waals surface area contributed by atoms with Gasteiger partial charge in [-0.2, -0.15) is 13.4 Å². The molecule has 3 aromatic carbocycles. The van der Waals surface area contributed by atoms with Gasteiger partial charge in [-0.3, -0.25) is 14.2 Å². The fraction of sp³-hybridized carbons (Fsp3) is 0.148. The molecule has 1 amide bonds. The van der Waals surface area contributed by atoms with Crippen molar-refractivity contribution in [3.8, 4) is 0 Å². The molecule has 1 aliphatic heterocycles. The number of nitrogens with zero attached hydrogens (tertiary/aromatic N) is 4. The van der Waals surface area contributed by atoms with Crippen LogP contribution in [0.4, 0.5) is 17.5 Å². The zero-order valence-electron chi connectivity index (χ0n) is 19.9. The van der Waals surface area contributed by atoms with Crippen molar-refractivity contribution in [2.75, 3.05) is 23.4 Å². The number of amides is 1. The Labute approximate surface area is 210 Å². The van der Waals surface area contributed by atoms with E-state index in [0.717, 1.165) is 24.2 Å². The van der Waals surface area contributed by atoms with Crippen molar-refractivity contribution in [3.63, 3.8) is 0 Å². The molecule has 0 atom stereocenters. The van der Waals surface area contributed by atoms with Crippen LogP contribution in [-0.4, -0.2) is 42.4 Å². The van der Waals surface area contributed by atoms with Gasteiger partial charge in [0.1, 0.15) is 5.82 Å². The average Bonchev–Trinajstić information content (AvgIpc) is 3.33. The van der Waals surface area contributed by atoms with Crippen molar-refractivity contribution < 1.29 is 17.8 Å². The maximum Gasteiger partial charge on any atom is 0.294 e. The van der Waals surface area contributed by atoms with Crippen LogP contribution in [0.15, 0.2) is 96.0 Å². The van der Waals surface area contributed by atoms with Gasteiger partial charge in [-0.15, -0.1) is 0 Å². The van der Waals surface area contributed by atoms with Crippen molar-refractivity contribution in [3.05, 3.63) is 108 Å². The molecule has 2 heterocycles. The summed E-state index contributed by atoms with van der Waals surface area (Å²) in [7, 11) is -2.28. The minimum atomic E-state index is -4.02. The molecule has 0 fully saturated rings. The quantitative estimate of drug-likeness (QED) is 0.404. The maximum atomic E-state index is 12.6. The number of para-hydroxylation sites is 1. The first-order valence-corrected chi connectivity index (χ1v) is 12.7. The Morgan fingerprint density at radius 2 is 1.61 bits per heavy atom. The molecule has 0 spiro atoms. The summed E-state index contributed by atoms with van der Waals surface area (Å²) < 4.78 is 29.6. The lowest BCUT2D eigenvalue weighted by Crippen LogP contribution is -2.28. The van der Waals surface area contributed by atoms with Gasteiger partial charge in [-0.05, 0) is 55.3 Å². The van der Waals surface area contributed by atoms with Crippen LogP contribution < -0.4 is 9.80 Å². The molecule has 0 aliphatic carbocycles. The van der Waals surface area contributed by atoms with Gasteiger partial charge in [-0.1, -0.05) is 54.1 Å². The van der Waals surface area contributed by atoms with Gasteiger partial charge in [0.15, 0.2) is 0 Å². The zero-order chi connectivity index (χ0) is 25.7. The predicted molar refractivity (Wildman–Crippen MR) is 139 cm³/mol. The monoisotopic (exact) mass is 502 g/mol. The molecular formula is C27H26N4O4S. The molecule has 5 rings (SSSR count). The second kappa shape index (κ2) is 10.7. The average molecular weight is 503 g/mol. The number of fused-ring (bicyclic) bond motifs is 1. The van der Waals surface area contributed by atoms with Crippen LogP contribution in [0.25, 0.3) is 0 Å². The first-order valence-electron chi connectivity index (χ1n) is 11.3. The fourth-order valence-corrected chi connectivity index (χ4v) is 4.27. The maximum absolute atomic E-state index is 12.6. The zero-order valence-corrected chi connectivity index (χ0v) is 20.8. The lowest BCUT2D eigenvalue weighted by molar-refractivity contribution is 0.0992. The Bertz CT molecular complexity index is 1460. The Kier molecular flexibility index (Phi) is 7.42. The van der Waals surface area contributed by atoms with Crippen LogP contribution >= 0.6 is 0 Å². The molecule has 0 unspecified atom stereocenters. The molecule has 1 aliphatic rings. The molecule has 9 heteroatoms. The molecule has 1 N–H and O–H groups in total. The highest BCUT2D eigenvalue weighted by Gasteiger charge is 2.23. The molecule has 4 aromatic rings. The molecule has 0 saturated carbocycles. The summed E-state index contributed by atoms with van der Waals surface area (Å²) in [6.45, 7) is 2.69. The van der Waals surface area contributed by atoms with E-state index in [2.05, 4.69) is 27.0 Å². The van der Waals surface area contributed by atoms with E-state index in [1.54, 1.807) is 48.5 Å². The molecule has 0 bridgehead atoms. The first-order chi connectivity index (χ1) is 17.2. The van der Waals surface area contributed by atoms with E-state index < -0.39 is 10.1 Å². The highest BCUT2D eigenvalue weighted by atomic mass is 32.2. The lowest BCUT2D eigenvalue weighted by atomic mass is 10.2. The Balaban J connectivity index is 0.000000233. The summed E-state index contributed by atoms with van der Waals surface area (Å²) in [4.78, 5) is 25.2. The Morgan fingerprint density at radius 1 is 0.944 bits per heavy atom. The fourth-order valence-electron chi connectivity index (χ4n) is 3.79. The third-order valence-electron chi connectivity index (χ3n) is 5.74. The van der Waals surface area contributed by atoms with Gasteiger partial charge < -0.3 is 4.90 Å². The minimum Gasteiger partial charge on any atom is -0.310 e. The molecule has 184 valence electrons. The van der Waals surface area contributed by atoms with Gasteiger partial charge in [0.25, 0.3) is 16.0 Å². The number of rotatable bonds is 4. The van der Waals surface area contributed by atoms with Gasteiger partial charge in [-0.25, -0.2) is 4.98 Å². The van der Waals surface area contributed by atoms with E-state index in [4.69, 9.17) is 4.55 Å². The standard InChI is InChI=1S/C20H18N4O.C7H8O3S/c1-23(19(25)16-8-3-2-4-9-16)18-11-13-21-20(22-18)24-14-12-15-7-5-6-10-17(15)24;1-6-2-4-7(5-3-6)11(8,9)10/h2-11,13H,12,14H2,1H3;2-5H,1H3,(H,8,9,10). The number of aryl methyl sites for hydroxylation is 1. The third kappa shape index (κ3) is 5.76. The van der Waals surface area contributed by atoms with Crippen LogP contribution in [-0.2, 0) is 16.5 Å². The predicted octanol–water partition coefficient (Wildman–Crippen LogP) is 4.69. The van der Waals surface area contributed by atoms with E-state index in [0.29, 0.717) is 17.3 Å². The normalized spacial score (nSPS) is 12.4. The number of hydrogen-bond acceptors (Lipinski definition) is 6. The number of anilines is 3. The second-order valence-electron chi connectivity index (χ2n) is 8.26. The Morgan fingerprint density at radius 3 is 2.31 bits per heavy atom. The van der Waals surface area contributed by atoms with Crippen molar-refractivity contribution in [2.24, 2.45) is 0 Å². The molecule has 36 heavy (non-hydrogen) atoms. The summed E-state index contributed by atoms with van der Waals surface area (Å²) >= 11 is 0. The topological polar surface area (TPSA) is 104 Å². The highest BCUT2D eigenvalue weighted by Crippen LogP contribution is 2.32. The van der Waals surface area contributed by atoms with Crippen LogP contribution in [0.2, 0.25) is 0 Å². The summed E-state index contributed by atoms with van der Waals surface area (Å²) in [5.74, 6) is 1.12. The van der Waals surface area contributed by atoms with Crippen LogP contribution in [0.1, 0.15) is 21.5 Å². The Hall–Kier alpha value is -4.08. The van der Waals surface area contributed by atoms with Crippen LogP contribution in [0.3, 0.4) is 0 Å². The molecule has 1 aromatic heterocycles. The second-order valence-corrected chi connectivity index (χ2v) is 9.69. The number of aromatic nitrogens is 2. The lowest BCUT2D eigenvalue weighted by Gasteiger charge is -2.20. The number of benzene rings is 3. The van der Waals surface area contributed by atoms with Crippen molar-refractivity contribution in [1.82, 2.24) is 9.97 Å². The molecule has 0 saturated heterocycles. The highest BCUT2D eigenvalue weighted by molar-refractivity contribution is 7.85. The van der Waals surface area contributed by atoms with Crippen LogP contribution in [0.5, 0.6) is 0 Å². The number of carbonyl (C=O) groups excluding carboxylic acids is 1. The number of carbonyl (C=O) groups is 1. The SMILES string of the molecule is CN(C(=O)c1ccccc1)c1ccnc(N2CCc3ccccc32)n1.Cc1ccc(S(=O)(=O)O)cc1. The largest absolute Gasteiger partial charge is 0.310 e. The summed E-state index contributed by atoms with van der Waals surface area (Å²) in [6.07, 6.45) is 2.68. The van der Waals surface area contributed by atoms with E-state index in [1.165, 1.54) is 17.7 Å². The molecule has 8 nitrogen and oxygen atoms in total. The summed E-state index contributed by atoms with van der Waals surface area (Å²) in [6, 6.07) is 25.2. The summed E-state index contributed by atoms with van der Waals surface area (Å²) in [5.41, 5.74) is 4.02. The van der Waals surface area contributed by atoms with Crippen molar-refractivity contribution in [1.29, 1.82) is 0 Å². The molecular weight excluding hydrogens is 476 g/mol. The molecule has 0 radical (unpaired) electrons. The van der Waals surface area contributed by atoms with Gasteiger partial charge in [0.05, 0.1) is 4.90 Å². The van der Waals surface area contributed by atoms with E-state index in [-0.39, 0.29) is 10.8 Å². The first kappa shape index (κ1) is 25.0. The van der Waals surface area contributed by atoms with Gasteiger partial charge in [0, 0.05) is 31.0 Å². The number of hydrogen-bond donors (Lipinski definition) is 1. The third-order valence-corrected chi connectivity index (χ3v) is 6.61. The van der Waals surface area contributed by atoms with Crippen molar-refractivity contribution >= 4 is 33.5 Å². The van der Waals surface area contributed by atoms with Gasteiger partial charge in [0.2, 0.25) is 5.95 Å². The minimum absolute atomic E-state index is 0.0666. The van der Waals surface area contributed by atoms with Gasteiger partial charge >= 0.3 is 0 Å². The van der Waals surface area contributed by atoms with E-state index in [9.17, 15) is 13.2 Å². The van der Waals surface area contributed by atoms with Crippen molar-refractivity contribution in [2.45, 2.75) is 18.2 Å². The van der Waals surface area contributed by atoms with Crippen LogP contribution in [0, 0.1) is 6.92 Å². The van der Waals surface area contributed by atoms with E-state index in [1.807, 2.05) is 37.3 Å². The summed E-state index contributed by atoms with van der Waals surface area (Å²) in [5, 5.41) is 0. The van der Waals surface area contributed by atoms with E-state index >= 15 is 0 Å².